The van der Waals surface area contributed by atoms with Gasteiger partial charge in [0.25, 0.3) is 0 Å². The van der Waals surface area contributed by atoms with Crippen LogP contribution in [0, 0.1) is 5.82 Å². The van der Waals surface area contributed by atoms with E-state index >= 15 is 0 Å². The number of nitrogens with one attached hydrogen (secondary N) is 1. The smallest absolute Gasteiger partial charge is 0.216 e. The average Bonchev–Trinajstić information content (AvgIpc) is 2.55. The van der Waals surface area contributed by atoms with Crippen LogP contribution in [0.1, 0.15) is 5.56 Å². The van der Waals surface area contributed by atoms with E-state index in [1.54, 1.807) is 18.2 Å². The monoisotopic (exact) mass is 337 g/mol. The van der Waals surface area contributed by atoms with Crippen molar-refractivity contribution in [2.45, 2.75) is 11.9 Å². The minimum Gasteiger partial charge on any atom is -0.486 e. The van der Waals surface area contributed by atoms with Crippen LogP contribution in [-0.4, -0.2) is 27.7 Å². The van der Waals surface area contributed by atoms with E-state index in [0.29, 0.717) is 11.5 Å². The fourth-order valence-corrected chi connectivity index (χ4v) is 3.44. The Hall–Kier alpha value is -2.12. The van der Waals surface area contributed by atoms with Crippen molar-refractivity contribution in [2.75, 3.05) is 13.2 Å². The Bertz CT molecular complexity index is 794. The summed E-state index contributed by atoms with van der Waals surface area (Å²) in [4.78, 5) is 0. The van der Waals surface area contributed by atoms with E-state index in [2.05, 4.69) is 4.72 Å². The van der Waals surface area contributed by atoms with E-state index < -0.39 is 27.7 Å². The van der Waals surface area contributed by atoms with Crippen molar-refractivity contribution in [3.05, 3.63) is 59.9 Å². The number of ether oxygens (including phenoxy) is 2. The molecule has 0 spiro atoms. The SMILES string of the molecule is O=S(=O)(Cc1ccccc1F)NC[C@@H]1COc2ccccc2O1. The lowest BCUT2D eigenvalue weighted by atomic mass is 10.2. The molecule has 5 nitrogen and oxygen atoms in total. The molecule has 1 aliphatic rings. The molecule has 3 rings (SSSR count). The molecule has 0 radical (unpaired) electrons. The number of hydrogen-bond acceptors (Lipinski definition) is 4. The molecule has 1 N–H and O–H groups in total. The van der Waals surface area contributed by atoms with Crippen LogP contribution in [0.2, 0.25) is 0 Å². The molecule has 0 bridgehead atoms. The summed E-state index contributed by atoms with van der Waals surface area (Å²) in [5.74, 6) is 0.267. The summed E-state index contributed by atoms with van der Waals surface area (Å²) in [7, 11) is -3.66. The van der Waals surface area contributed by atoms with Gasteiger partial charge in [0.1, 0.15) is 18.5 Å². The van der Waals surface area contributed by atoms with Crippen LogP contribution in [0.25, 0.3) is 0 Å². The normalized spacial score (nSPS) is 17.0. The minimum absolute atomic E-state index is 0.0606. The zero-order valence-electron chi connectivity index (χ0n) is 12.2. The van der Waals surface area contributed by atoms with Gasteiger partial charge in [0, 0.05) is 5.56 Å². The van der Waals surface area contributed by atoms with Crippen LogP contribution in [0.4, 0.5) is 4.39 Å². The van der Waals surface area contributed by atoms with Gasteiger partial charge in [0.2, 0.25) is 10.0 Å². The van der Waals surface area contributed by atoms with Gasteiger partial charge >= 0.3 is 0 Å². The molecule has 0 aromatic heterocycles. The topological polar surface area (TPSA) is 64.6 Å². The summed E-state index contributed by atoms with van der Waals surface area (Å²) >= 11 is 0. The second-order valence-electron chi connectivity index (χ2n) is 5.20. The summed E-state index contributed by atoms with van der Waals surface area (Å²) in [6, 6.07) is 13.0. The van der Waals surface area contributed by atoms with Crippen molar-refractivity contribution in [3.63, 3.8) is 0 Å². The van der Waals surface area contributed by atoms with E-state index in [1.165, 1.54) is 18.2 Å². The Labute approximate surface area is 134 Å². The van der Waals surface area contributed by atoms with Gasteiger partial charge in [0.05, 0.1) is 12.3 Å². The molecule has 0 saturated carbocycles. The predicted octanol–water partition coefficient (Wildman–Crippen LogP) is 2.09. The Morgan fingerprint density at radius 3 is 2.57 bits per heavy atom. The molecular formula is C16H16FNO4S. The third kappa shape index (κ3) is 4.00. The Balaban J connectivity index is 1.59. The third-order valence-corrected chi connectivity index (χ3v) is 4.70. The quantitative estimate of drug-likeness (QED) is 0.907. The number of sulfonamides is 1. The highest BCUT2D eigenvalue weighted by Gasteiger charge is 2.23. The number of halogens is 1. The average molecular weight is 337 g/mol. The molecule has 0 amide bonds. The first-order chi connectivity index (χ1) is 11.0. The fourth-order valence-electron chi connectivity index (χ4n) is 2.25. The summed E-state index contributed by atoms with van der Waals surface area (Å²) in [5, 5.41) is 0. The van der Waals surface area contributed by atoms with Crippen molar-refractivity contribution >= 4 is 10.0 Å². The minimum atomic E-state index is -3.66. The molecule has 0 fully saturated rings. The second-order valence-corrected chi connectivity index (χ2v) is 7.00. The molecule has 23 heavy (non-hydrogen) atoms. The maximum atomic E-state index is 13.5. The van der Waals surface area contributed by atoms with Crippen molar-refractivity contribution in [2.24, 2.45) is 0 Å². The first-order valence-electron chi connectivity index (χ1n) is 7.13. The lowest BCUT2D eigenvalue weighted by Gasteiger charge is -2.26. The van der Waals surface area contributed by atoms with Crippen LogP contribution in [0.5, 0.6) is 11.5 Å². The maximum Gasteiger partial charge on any atom is 0.216 e. The van der Waals surface area contributed by atoms with Gasteiger partial charge in [-0.1, -0.05) is 30.3 Å². The number of fused-ring (bicyclic) bond motifs is 1. The Kier molecular flexibility index (Phi) is 4.49. The zero-order valence-corrected chi connectivity index (χ0v) is 13.1. The van der Waals surface area contributed by atoms with E-state index in [1.807, 2.05) is 12.1 Å². The van der Waals surface area contributed by atoms with E-state index in [-0.39, 0.29) is 18.7 Å². The molecule has 1 atom stereocenters. The van der Waals surface area contributed by atoms with Gasteiger partial charge in [-0.2, -0.15) is 0 Å². The molecule has 0 saturated heterocycles. The molecule has 2 aromatic carbocycles. The Morgan fingerprint density at radius 1 is 1.09 bits per heavy atom. The van der Waals surface area contributed by atoms with Gasteiger partial charge in [-0.3, -0.25) is 0 Å². The number of rotatable bonds is 5. The van der Waals surface area contributed by atoms with Crippen molar-refractivity contribution in [3.8, 4) is 11.5 Å². The number of benzene rings is 2. The zero-order chi connectivity index (χ0) is 16.3. The molecular weight excluding hydrogens is 321 g/mol. The van der Waals surface area contributed by atoms with E-state index in [9.17, 15) is 12.8 Å². The standard InChI is InChI=1S/C16H16FNO4S/c17-14-6-2-1-5-12(14)11-23(19,20)18-9-13-10-21-15-7-3-4-8-16(15)22-13/h1-8,13,18H,9-11H2/t13-/m1/s1. The summed E-state index contributed by atoms with van der Waals surface area (Å²) in [6.45, 7) is 0.310. The van der Waals surface area contributed by atoms with Crippen LogP contribution < -0.4 is 14.2 Å². The largest absolute Gasteiger partial charge is 0.486 e. The van der Waals surface area contributed by atoms with E-state index in [4.69, 9.17) is 9.47 Å². The van der Waals surface area contributed by atoms with Gasteiger partial charge in [-0.15, -0.1) is 0 Å². The molecule has 122 valence electrons. The summed E-state index contributed by atoms with van der Waals surface area (Å²) in [6.07, 6.45) is -0.430. The predicted molar refractivity (Wildman–Crippen MR) is 83.4 cm³/mol. The highest BCUT2D eigenvalue weighted by atomic mass is 32.2. The number of hydrogen-bond donors (Lipinski definition) is 1. The molecule has 1 aliphatic heterocycles. The van der Waals surface area contributed by atoms with Crippen molar-refractivity contribution in [1.82, 2.24) is 4.72 Å². The van der Waals surface area contributed by atoms with Gasteiger partial charge < -0.3 is 9.47 Å². The number of para-hydroxylation sites is 2. The van der Waals surface area contributed by atoms with Gasteiger partial charge in [-0.25, -0.2) is 17.5 Å². The lowest BCUT2D eigenvalue weighted by molar-refractivity contribution is 0.0943. The molecule has 1 heterocycles. The highest BCUT2D eigenvalue weighted by Crippen LogP contribution is 2.30. The van der Waals surface area contributed by atoms with Crippen LogP contribution >= 0.6 is 0 Å². The fraction of sp³-hybridized carbons (Fsp3) is 0.250. The maximum absolute atomic E-state index is 13.5. The molecule has 2 aromatic rings. The van der Waals surface area contributed by atoms with Crippen molar-refractivity contribution < 1.29 is 22.3 Å². The van der Waals surface area contributed by atoms with Gasteiger partial charge in [-0.05, 0) is 18.2 Å². The first-order valence-corrected chi connectivity index (χ1v) is 8.78. The molecule has 0 unspecified atom stereocenters. The molecule has 0 aliphatic carbocycles. The first kappa shape index (κ1) is 15.8. The van der Waals surface area contributed by atoms with Gasteiger partial charge in [0.15, 0.2) is 11.5 Å². The second kappa shape index (κ2) is 6.55. The van der Waals surface area contributed by atoms with E-state index in [0.717, 1.165) is 0 Å². The Morgan fingerprint density at radius 2 is 1.78 bits per heavy atom. The summed E-state index contributed by atoms with van der Waals surface area (Å²) < 4.78 is 51.3. The highest BCUT2D eigenvalue weighted by molar-refractivity contribution is 7.88. The lowest BCUT2D eigenvalue weighted by Crippen LogP contribution is -2.41. The van der Waals surface area contributed by atoms with Crippen molar-refractivity contribution in [1.29, 1.82) is 0 Å². The van der Waals surface area contributed by atoms with Crippen LogP contribution in [0.3, 0.4) is 0 Å². The summed E-state index contributed by atoms with van der Waals surface area (Å²) in [5.41, 5.74) is 0.131. The van der Waals surface area contributed by atoms with Crippen LogP contribution in [0.15, 0.2) is 48.5 Å². The third-order valence-electron chi connectivity index (χ3n) is 3.40. The van der Waals surface area contributed by atoms with Crippen LogP contribution in [-0.2, 0) is 15.8 Å². The molecule has 7 heteroatoms.